The van der Waals surface area contributed by atoms with Gasteiger partial charge in [-0.05, 0) is 70.4 Å². The molecule has 0 unspecified atom stereocenters. The number of aromatic hydroxyl groups is 3. The molecule has 0 saturated carbocycles. The van der Waals surface area contributed by atoms with Gasteiger partial charge in [-0.2, -0.15) is 0 Å². The van der Waals surface area contributed by atoms with Crippen molar-refractivity contribution in [1.82, 2.24) is 19.8 Å². The van der Waals surface area contributed by atoms with E-state index in [2.05, 4.69) is 19.8 Å². The van der Waals surface area contributed by atoms with E-state index in [4.69, 9.17) is 0 Å². The van der Waals surface area contributed by atoms with E-state index < -0.39 is 0 Å². The number of H-pyrrole nitrogens is 2. The van der Waals surface area contributed by atoms with Gasteiger partial charge >= 0.3 is 0 Å². The largest absolute Gasteiger partial charge is 0.507 e. The van der Waals surface area contributed by atoms with Crippen molar-refractivity contribution in [3.05, 3.63) is 41.7 Å². The minimum Gasteiger partial charge on any atom is -0.507 e. The maximum atomic E-state index is 11.2. The summed E-state index contributed by atoms with van der Waals surface area (Å²) < 4.78 is 0. The van der Waals surface area contributed by atoms with Crippen molar-refractivity contribution >= 4 is 21.8 Å². The second kappa shape index (κ2) is 8.17. The van der Waals surface area contributed by atoms with Crippen LogP contribution in [-0.2, 0) is 12.8 Å². The first kappa shape index (κ1) is 21.1. The normalized spacial score (nSPS) is 12.1. The van der Waals surface area contributed by atoms with Crippen LogP contribution in [0.1, 0.15) is 11.1 Å². The Hall–Kier alpha value is -3.16. The highest BCUT2D eigenvalue weighted by Crippen LogP contribution is 2.45. The maximum Gasteiger partial charge on any atom is 0.140 e. The van der Waals surface area contributed by atoms with Crippen molar-refractivity contribution in [2.45, 2.75) is 12.8 Å². The van der Waals surface area contributed by atoms with Gasteiger partial charge in [-0.15, -0.1) is 0 Å². The highest BCUT2D eigenvalue weighted by atomic mass is 16.3. The third-order valence-electron chi connectivity index (χ3n) is 5.83. The summed E-state index contributed by atoms with van der Waals surface area (Å²) in [4.78, 5) is 10.6. The van der Waals surface area contributed by atoms with E-state index in [9.17, 15) is 15.3 Å². The molecule has 5 N–H and O–H groups in total. The van der Waals surface area contributed by atoms with E-state index in [1.165, 1.54) is 0 Å². The standard InChI is InChI=1S/C24H30N4O3/c1-27(2)9-7-14-12-25-22-16(5-6-18(29)20(14)22)17-11-19(30)23-21(24(17)31)15(13-26-23)8-10-28(3)4/h5-6,11-13,25-26,29-31H,7-10H2,1-4H3. The van der Waals surface area contributed by atoms with Gasteiger partial charge in [-0.3, -0.25) is 0 Å². The van der Waals surface area contributed by atoms with E-state index >= 15 is 0 Å². The zero-order chi connectivity index (χ0) is 22.3. The van der Waals surface area contributed by atoms with Gasteiger partial charge in [0.2, 0.25) is 0 Å². The van der Waals surface area contributed by atoms with E-state index in [1.54, 1.807) is 18.2 Å². The molecule has 0 amide bonds. The van der Waals surface area contributed by atoms with Crippen LogP contribution in [0.25, 0.3) is 32.9 Å². The molecule has 0 radical (unpaired) electrons. The molecule has 2 heterocycles. The summed E-state index contributed by atoms with van der Waals surface area (Å²) in [7, 11) is 8.04. The number of aromatic nitrogens is 2. The SMILES string of the molecule is CN(C)CCc1c[nH]c2c(-c3cc(O)c4[nH]cc(CCN(C)C)c4c3O)ccc(O)c12. The fourth-order valence-electron chi connectivity index (χ4n) is 4.16. The molecule has 0 fully saturated rings. The number of nitrogens with zero attached hydrogens (tertiary/aromatic N) is 2. The highest BCUT2D eigenvalue weighted by molar-refractivity contribution is 6.06. The minimum atomic E-state index is 0.0829. The Labute approximate surface area is 181 Å². The Kier molecular flexibility index (Phi) is 5.56. The number of nitrogens with one attached hydrogen (secondary N) is 2. The van der Waals surface area contributed by atoms with Gasteiger partial charge in [0.1, 0.15) is 17.2 Å². The molecule has 0 aliphatic carbocycles. The van der Waals surface area contributed by atoms with Gasteiger partial charge in [-0.1, -0.05) is 0 Å². The maximum absolute atomic E-state index is 11.2. The molecule has 2 aromatic heterocycles. The van der Waals surface area contributed by atoms with Crippen LogP contribution < -0.4 is 0 Å². The molecule has 31 heavy (non-hydrogen) atoms. The monoisotopic (exact) mass is 422 g/mol. The third kappa shape index (κ3) is 3.82. The number of benzene rings is 2. The average Bonchev–Trinajstić information content (AvgIpc) is 3.33. The summed E-state index contributed by atoms with van der Waals surface area (Å²) in [5.41, 5.74) is 4.50. The van der Waals surface area contributed by atoms with Gasteiger partial charge in [-0.25, -0.2) is 0 Å². The first-order chi connectivity index (χ1) is 14.8. The number of phenols is 3. The Morgan fingerprint density at radius 3 is 1.90 bits per heavy atom. The first-order valence-corrected chi connectivity index (χ1v) is 10.4. The van der Waals surface area contributed by atoms with Crippen LogP contribution in [0.3, 0.4) is 0 Å². The Morgan fingerprint density at radius 1 is 0.710 bits per heavy atom. The lowest BCUT2D eigenvalue weighted by atomic mass is 9.96. The van der Waals surface area contributed by atoms with Gasteiger partial charge in [0, 0.05) is 47.4 Å². The molecular weight excluding hydrogens is 392 g/mol. The molecule has 7 heteroatoms. The van der Waals surface area contributed by atoms with Crippen LogP contribution in [0, 0.1) is 0 Å². The molecule has 0 saturated heterocycles. The lowest BCUT2D eigenvalue weighted by Crippen LogP contribution is -2.14. The number of hydrogen-bond acceptors (Lipinski definition) is 5. The molecule has 0 aliphatic rings. The molecule has 7 nitrogen and oxygen atoms in total. The van der Waals surface area contributed by atoms with Gasteiger partial charge in [0.05, 0.1) is 11.0 Å². The number of likely N-dealkylation sites (N-methyl/N-ethyl adjacent to an activating group) is 2. The smallest absolute Gasteiger partial charge is 0.140 e. The van der Waals surface area contributed by atoms with E-state index in [0.717, 1.165) is 53.5 Å². The van der Waals surface area contributed by atoms with Crippen LogP contribution in [0.5, 0.6) is 17.2 Å². The number of aromatic amines is 2. The second-order valence-electron chi connectivity index (χ2n) is 8.66. The highest BCUT2D eigenvalue weighted by Gasteiger charge is 2.21. The average molecular weight is 423 g/mol. The van der Waals surface area contributed by atoms with Crippen LogP contribution in [0.2, 0.25) is 0 Å². The summed E-state index contributed by atoms with van der Waals surface area (Å²) in [6.07, 6.45) is 5.28. The summed E-state index contributed by atoms with van der Waals surface area (Å²) in [5, 5.41) is 33.9. The topological polar surface area (TPSA) is 98.8 Å². The van der Waals surface area contributed by atoms with Crippen molar-refractivity contribution in [2.24, 2.45) is 0 Å². The molecule has 0 atom stereocenters. The van der Waals surface area contributed by atoms with E-state index in [0.29, 0.717) is 16.5 Å². The Bertz CT molecular complexity index is 1240. The number of hydrogen-bond donors (Lipinski definition) is 5. The molecule has 2 aromatic carbocycles. The lowest BCUT2D eigenvalue weighted by molar-refractivity contribution is 0.414. The summed E-state index contributed by atoms with van der Waals surface area (Å²) >= 11 is 0. The number of phenolic OH excluding ortho intramolecular Hbond substituents is 3. The quantitative estimate of drug-likeness (QED) is 0.293. The van der Waals surface area contributed by atoms with E-state index in [1.807, 2.05) is 40.6 Å². The van der Waals surface area contributed by atoms with Crippen molar-refractivity contribution in [3.63, 3.8) is 0 Å². The van der Waals surface area contributed by atoms with E-state index in [-0.39, 0.29) is 17.2 Å². The van der Waals surface area contributed by atoms with Crippen molar-refractivity contribution < 1.29 is 15.3 Å². The van der Waals surface area contributed by atoms with Gasteiger partial charge in [0.25, 0.3) is 0 Å². The van der Waals surface area contributed by atoms with Crippen LogP contribution in [0.4, 0.5) is 0 Å². The second-order valence-corrected chi connectivity index (χ2v) is 8.66. The van der Waals surface area contributed by atoms with Crippen LogP contribution in [0.15, 0.2) is 30.6 Å². The zero-order valence-electron chi connectivity index (χ0n) is 18.5. The summed E-state index contributed by atoms with van der Waals surface area (Å²) in [5.74, 6) is 0.408. The Morgan fingerprint density at radius 2 is 1.29 bits per heavy atom. The first-order valence-electron chi connectivity index (χ1n) is 10.4. The molecule has 4 aromatic rings. The van der Waals surface area contributed by atoms with Gasteiger partial charge < -0.3 is 35.1 Å². The third-order valence-corrected chi connectivity index (χ3v) is 5.83. The van der Waals surface area contributed by atoms with Crippen molar-refractivity contribution in [1.29, 1.82) is 0 Å². The molecular formula is C24H30N4O3. The Balaban J connectivity index is 1.88. The fourth-order valence-corrected chi connectivity index (χ4v) is 4.16. The fraction of sp³-hybridized carbons (Fsp3) is 0.333. The molecule has 164 valence electrons. The van der Waals surface area contributed by atoms with Gasteiger partial charge in [0.15, 0.2) is 0 Å². The predicted molar refractivity (Wildman–Crippen MR) is 125 cm³/mol. The number of rotatable bonds is 7. The predicted octanol–water partition coefficient (Wildman–Crippen LogP) is 3.64. The number of fused-ring (bicyclic) bond motifs is 2. The molecule has 0 bridgehead atoms. The summed E-state index contributed by atoms with van der Waals surface area (Å²) in [6, 6.07) is 5.00. The van der Waals surface area contributed by atoms with Crippen LogP contribution in [-0.4, -0.2) is 76.4 Å². The zero-order valence-corrected chi connectivity index (χ0v) is 18.5. The minimum absolute atomic E-state index is 0.0829. The van der Waals surface area contributed by atoms with Crippen molar-refractivity contribution in [3.8, 4) is 28.4 Å². The lowest BCUT2D eigenvalue weighted by Gasteiger charge is -2.13. The van der Waals surface area contributed by atoms with Crippen LogP contribution >= 0.6 is 0 Å². The summed E-state index contributed by atoms with van der Waals surface area (Å²) in [6.45, 7) is 1.68. The molecule has 0 spiro atoms. The molecule has 4 rings (SSSR count). The van der Waals surface area contributed by atoms with Crippen molar-refractivity contribution in [2.75, 3.05) is 41.3 Å². The molecule has 0 aliphatic heterocycles.